The van der Waals surface area contributed by atoms with Gasteiger partial charge in [0.1, 0.15) is 5.82 Å². The van der Waals surface area contributed by atoms with E-state index in [0.29, 0.717) is 6.04 Å². The maximum atomic E-state index is 4.33. The zero-order valence-corrected chi connectivity index (χ0v) is 12.7. The molecule has 1 N–H and O–H groups in total. The van der Waals surface area contributed by atoms with Gasteiger partial charge in [-0.05, 0) is 31.4 Å². The SMILES string of the molecule is CC(C)CC[C@@H](c1ccccc1)N(C)Cc1ncc[nH]1. The smallest absolute Gasteiger partial charge is 0.120 e. The Bertz CT molecular complexity index is 476. The normalized spacial score (nSPS) is 13.1. The summed E-state index contributed by atoms with van der Waals surface area (Å²) >= 11 is 0. The topological polar surface area (TPSA) is 31.9 Å². The number of benzene rings is 1. The average Bonchev–Trinajstić information content (AvgIpc) is 2.92. The molecule has 3 nitrogen and oxygen atoms in total. The third kappa shape index (κ3) is 4.20. The van der Waals surface area contributed by atoms with Gasteiger partial charge >= 0.3 is 0 Å². The fourth-order valence-electron chi connectivity index (χ4n) is 2.54. The largest absolute Gasteiger partial charge is 0.348 e. The average molecular weight is 271 g/mol. The fraction of sp³-hybridized carbons (Fsp3) is 0.471. The molecule has 1 heterocycles. The Balaban J connectivity index is 2.08. The summed E-state index contributed by atoms with van der Waals surface area (Å²) in [5.74, 6) is 1.76. The van der Waals surface area contributed by atoms with Gasteiger partial charge in [-0.3, -0.25) is 4.90 Å². The molecular formula is C17H25N3. The molecule has 0 aliphatic heterocycles. The molecule has 0 unspecified atom stereocenters. The molecule has 108 valence electrons. The van der Waals surface area contributed by atoms with Crippen molar-refractivity contribution in [2.75, 3.05) is 7.05 Å². The Kier molecular flexibility index (Phi) is 5.36. The first-order chi connectivity index (χ1) is 9.66. The van der Waals surface area contributed by atoms with Crippen molar-refractivity contribution in [3.05, 3.63) is 54.1 Å². The van der Waals surface area contributed by atoms with E-state index in [1.165, 1.54) is 18.4 Å². The molecule has 0 aliphatic carbocycles. The molecule has 0 saturated heterocycles. The van der Waals surface area contributed by atoms with Crippen LogP contribution in [0.3, 0.4) is 0 Å². The van der Waals surface area contributed by atoms with E-state index in [1.807, 2.05) is 12.4 Å². The van der Waals surface area contributed by atoms with Gasteiger partial charge in [0.15, 0.2) is 0 Å². The molecule has 0 radical (unpaired) electrons. The van der Waals surface area contributed by atoms with Crippen molar-refractivity contribution in [2.45, 2.75) is 39.3 Å². The number of aromatic amines is 1. The molecule has 20 heavy (non-hydrogen) atoms. The first kappa shape index (κ1) is 14.8. The summed E-state index contributed by atoms with van der Waals surface area (Å²) < 4.78 is 0. The fourth-order valence-corrected chi connectivity index (χ4v) is 2.54. The van der Waals surface area contributed by atoms with Crippen LogP contribution in [0.15, 0.2) is 42.7 Å². The maximum absolute atomic E-state index is 4.33. The second-order valence-corrected chi connectivity index (χ2v) is 5.85. The first-order valence-corrected chi connectivity index (χ1v) is 7.40. The molecule has 0 amide bonds. The predicted molar refractivity (Wildman–Crippen MR) is 83.3 cm³/mol. The van der Waals surface area contributed by atoms with Gasteiger partial charge in [0.05, 0.1) is 6.54 Å². The van der Waals surface area contributed by atoms with E-state index in [9.17, 15) is 0 Å². The van der Waals surface area contributed by atoms with Crippen LogP contribution in [-0.4, -0.2) is 21.9 Å². The summed E-state index contributed by atoms with van der Waals surface area (Å²) in [6.07, 6.45) is 6.12. The predicted octanol–water partition coefficient (Wildman–Crippen LogP) is 4.02. The summed E-state index contributed by atoms with van der Waals surface area (Å²) in [5, 5.41) is 0. The van der Waals surface area contributed by atoms with Crippen molar-refractivity contribution < 1.29 is 0 Å². The van der Waals surface area contributed by atoms with Crippen LogP contribution < -0.4 is 0 Å². The Morgan fingerprint density at radius 1 is 1.15 bits per heavy atom. The van der Waals surface area contributed by atoms with Gasteiger partial charge in [-0.15, -0.1) is 0 Å². The van der Waals surface area contributed by atoms with Crippen molar-refractivity contribution >= 4 is 0 Å². The standard InChI is InChI=1S/C17H25N3/c1-14(2)9-10-16(15-7-5-4-6-8-15)20(3)13-17-18-11-12-19-17/h4-8,11-12,14,16H,9-10,13H2,1-3H3,(H,18,19)/t16-/m0/s1. The van der Waals surface area contributed by atoms with E-state index in [-0.39, 0.29) is 0 Å². The molecule has 0 bridgehead atoms. The molecule has 1 aromatic carbocycles. The molecule has 0 aliphatic rings. The Morgan fingerprint density at radius 2 is 1.90 bits per heavy atom. The second kappa shape index (κ2) is 7.25. The van der Waals surface area contributed by atoms with Crippen LogP contribution in [0.2, 0.25) is 0 Å². The number of nitrogens with one attached hydrogen (secondary N) is 1. The van der Waals surface area contributed by atoms with E-state index in [4.69, 9.17) is 0 Å². The zero-order valence-electron chi connectivity index (χ0n) is 12.7. The van der Waals surface area contributed by atoms with Gasteiger partial charge in [-0.25, -0.2) is 4.98 Å². The van der Waals surface area contributed by atoms with Gasteiger partial charge in [-0.2, -0.15) is 0 Å². The molecule has 1 atom stereocenters. The van der Waals surface area contributed by atoms with Crippen molar-refractivity contribution in [2.24, 2.45) is 5.92 Å². The van der Waals surface area contributed by atoms with Crippen LogP contribution in [0, 0.1) is 5.92 Å². The van der Waals surface area contributed by atoms with Crippen LogP contribution in [0.4, 0.5) is 0 Å². The molecule has 3 heteroatoms. The quantitative estimate of drug-likeness (QED) is 0.825. The highest BCUT2D eigenvalue weighted by Crippen LogP contribution is 2.27. The lowest BCUT2D eigenvalue weighted by atomic mass is 9.96. The maximum Gasteiger partial charge on any atom is 0.120 e. The number of H-pyrrole nitrogens is 1. The van der Waals surface area contributed by atoms with Gasteiger partial charge in [0.25, 0.3) is 0 Å². The number of rotatable bonds is 7. The van der Waals surface area contributed by atoms with E-state index in [2.05, 4.69) is 66.1 Å². The molecule has 1 aromatic heterocycles. The molecule has 0 spiro atoms. The number of imidazole rings is 1. The number of hydrogen-bond acceptors (Lipinski definition) is 2. The van der Waals surface area contributed by atoms with E-state index < -0.39 is 0 Å². The molecule has 0 saturated carbocycles. The van der Waals surface area contributed by atoms with Crippen molar-refractivity contribution in [3.8, 4) is 0 Å². The Morgan fingerprint density at radius 3 is 2.50 bits per heavy atom. The third-order valence-electron chi connectivity index (χ3n) is 3.69. The lowest BCUT2D eigenvalue weighted by Gasteiger charge is -2.28. The van der Waals surface area contributed by atoms with Crippen molar-refractivity contribution in [3.63, 3.8) is 0 Å². The molecule has 2 aromatic rings. The van der Waals surface area contributed by atoms with Crippen LogP contribution >= 0.6 is 0 Å². The summed E-state index contributed by atoms with van der Waals surface area (Å²) in [7, 11) is 2.18. The van der Waals surface area contributed by atoms with E-state index >= 15 is 0 Å². The Labute approximate surface area is 122 Å². The minimum Gasteiger partial charge on any atom is -0.348 e. The highest BCUT2D eigenvalue weighted by Gasteiger charge is 2.18. The minimum atomic E-state index is 0.448. The van der Waals surface area contributed by atoms with Crippen LogP contribution in [0.1, 0.15) is 44.1 Å². The van der Waals surface area contributed by atoms with Gasteiger partial charge in [-0.1, -0.05) is 44.2 Å². The number of hydrogen-bond donors (Lipinski definition) is 1. The monoisotopic (exact) mass is 271 g/mol. The second-order valence-electron chi connectivity index (χ2n) is 5.85. The summed E-state index contributed by atoms with van der Waals surface area (Å²) in [6.45, 7) is 5.42. The highest BCUT2D eigenvalue weighted by molar-refractivity contribution is 5.19. The van der Waals surface area contributed by atoms with Crippen LogP contribution in [-0.2, 0) is 6.54 Å². The van der Waals surface area contributed by atoms with Gasteiger partial charge < -0.3 is 4.98 Å². The lowest BCUT2D eigenvalue weighted by molar-refractivity contribution is 0.211. The lowest BCUT2D eigenvalue weighted by Crippen LogP contribution is -2.25. The molecule has 2 rings (SSSR count). The van der Waals surface area contributed by atoms with E-state index in [1.54, 1.807) is 0 Å². The van der Waals surface area contributed by atoms with Crippen molar-refractivity contribution in [1.82, 2.24) is 14.9 Å². The van der Waals surface area contributed by atoms with Crippen molar-refractivity contribution in [1.29, 1.82) is 0 Å². The van der Waals surface area contributed by atoms with Gasteiger partial charge in [0.2, 0.25) is 0 Å². The van der Waals surface area contributed by atoms with E-state index in [0.717, 1.165) is 18.3 Å². The van der Waals surface area contributed by atoms with Crippen LogP contribution in [0.25, 0.3) is 0 Å². The third-order valence-corrected chi connectivity index (χ3v) is 3.69. The Hall–Kier alpha value is -1.61. The molecule has 0 fully saturated rings. The van der Waals surface area contributed by atoms with Gasteiger partial charge in [0, 0.05) is 18.4 Å². The first-order valence-electron chi connectivity index (χ1n) is 7.40. The number of aromatic nitrogens is 2. The minimum absolute atomic E-state index is 0.448. The summed E-state index contributed by atoms with van der Waals surface area (Å²) in [4.78, 5) is 9.90. The molecular weight excluding hydrogens is 246 g/mol. The summed E-state index contributed by atoms with van der Waals surface area (Å²) in [5.41, 5.74) is 1.39. The van der Waals surface area contributed by atoms with Crippen LogP contribution in [0.5, 0.6) is 0 Å². The summed E-state index contributed by atoms with van der Waals surface area (Å²) in [6, 6.07) is 11.2. The zero-order chi connectivity index (χ0) is 14.4. The number of nitrogens with zero attached hydrogens (tertiary/aromatic N) is 2. The highest BCUT2D eigenvalue weighted by atomic mass is 15.1.